The number of rotatable bonds is 52. The second-order valence-corrected chi connectivity index (χ2v) is 19.1. The van der Waals surface area contributed by atoms with Crippen LogP contribution in [0, 0.1) is 0 Å². The summed E-state index contributed by atoms with van der Waals surface area (Å²) in [5.74, 6) is -0.974. The van der Waals surface area contributed by atoms with Crippen molar-refractivity contribution in [1.82, 2.24) is 0 Å². The van der Waals surface area contributed by atoms with E-state index in [9.17, 15) is 14.4 Å². The molecule has 420 valence electrons. The highest BCUT2D eigenvalue weighted by atomic mass is 16.6. The minimum Gasteiger partial charge on any atom is -0.462 e. The molecular formula is C69H108O6. The lowest BCUT2D eigenvalue weighted by Crippen LogP contribution is -2.30. The largest absolute Gasteiger partial charge is 0.462 e. The molecule has 1 atom stereocenters. The Labute approximate surface area is 460 Å². The number of hydrogen-bond donors (Lipinski definition) is 0. The zero-order valence-electron chi connectivity index (χ0n) is 48.0. The third-order valence-electron chi connectivity index (χ3n) is 12.0. The van der Waals surface area contributed by atoms with E-state index < -0.39 is 6.10 Å². The Kier molecular flexibility index (Phi) is 57.5. The van der Waals surface area contributed by atoms with Crippen LogP contribution in [0.3, 0.4) is 0 Å². The Morgan fingerprint density at radius 3 is 0.760 bits per heavy atom. The van der Waals surface area contributed by atoms with Crippen molar-refractivity contribution in [1.29, 1.82) is 0 Å². The smallest absolute Gasteiger partial charge is 0.306 e. The Bertz CT molecular complexity index is 1710. The first kappa shape index (κ1) is 70.0. The highest BCUT2D eigenvalue weighted by Crippen LogP contribution is 2.13. The molecule has 0 saturated carbocycles. The summed E-state index contributed by atoms with van der Waals surface area (Å²) in [6.45, 7) is 6.24. The quantitative estimate of drug-likeness (QED) is 0.0261. The van der Waals surface area contributed by atoms with E-state index in [2.05, 4.69) is 179 Å². The van der Waals surface area contributed by atoms with Crippen molar-refractivity contribution < 1.29 is 28.6 Å². The average Bonchev–Trinajstić information content (AvgIpc) is 3.41. The molecule has 0 saturated heterocycles. The molecule has 0 bridgehead atoms. The molecule has 0 aromatic heterocycles. The van der Waals surface area contributed by atoms with Gasteiger partial charge in [0.15, 0.2) is 6.10 Å². The van der Waals surface area contributed by atoms with Gasteiger partial charge in [-0.15, -0.1) is 0 Å². The fourth-order valence-corrected chi connectivity index (χ4v) is 7.63. The van der Waals surface area contributed by atoms with E-state index >= 15 is 0 Å². The van der Waals surface area contributed by atoms with E-state index in [1.54, 1.807) is 0 Å². The van der Waals surface area contributed by atoms with E-state index in [4.69, 9.17) is 14.2 Å². The van der Waals surface area contributed by atoms with Gasteiger partial charge < -0.3 is 14.2 Å². The van der Waals surface area contributed by atoms with Gasteiger partial charge in [-0.05, 0) is 141 Å². The van der Waals surface area contributed by atoms with E-state index in [1.165, 1.54) is 25.7 Å². The highest BCUT2D eigenvalue weighted by Gasteiger charge is 2.19. The summed E-state index contributed by atoms with van der Waals surface area (Å²) >= 11 is 0. The molecule has 0 radical (unpaired) electrons. The standard InChI is InChI=1S/C69H108O6/c1-4-7-10-13-16-19-22-25-27-29-31-33-34-36-37-39-41-44-47-50-53-56-59-62-68(71)74-65-66(64-73-67(70)61-58-55-52-49-46-43-24-21-18-15-12-9-6-3)75-69(72)63-60-57-54-51-48-45-42-40-38-35-32-30-28-26-23-20-17-14-11-8-5-2/h7-12,16-21,25-28,31-33,35-37,40,42-43,46,66H,4-6,13-15,22-24,29-30,34,38-39,41,44-45,47-65H2,1-3H3/b10-7-,11-8-,12-9-,19-16-,20-17-,21-18-,27-25-,28-26-,33-31-,35-32-,37-36-,42-40-,46-43-. The molecule has 0 aliphatic rings. The number of carbonyl (C=O) groups excluding carboxylic acids is 3. The van der Waals surface area contributed by atoms with Crippen LogP contribution in [0.2, 0.25) is 0 Å². The summed E-state index contributed by atoms with van der Waals surface area (Å²) < 4.78 is 16.8. The van der Waals surface area contributed by atoms with Gasteiger partial charge in [0.05, 0.1) is 0 Å². The summed E-state index contributed by atoms with van der Waals surface area (Å²) in [4.78, 5) is 38.2. The van der Waals surface area contributed by atoms with Crippen LogP contribution in [0.15, 0.2) is 158 Å². The zero-order valence-corrected chi connectivity index (χ0v) is 48.0. The lowest BCUT2D eigenvalue weighted by Gasteiger charge is -2.18. The molecule has 0 spiro atoms. The molecule has 0 aliphatic heterocycles. The van der Waals surface area contributed by atoms with Crippen LogP contribution in [0.25, 0.3) is 0 Å². The van der Waals surface area contributed by atoms with E-state index in [0.717, 1.165) is 173 Å². The van der Waals surface area contributed by atoms with Crippen molar-refractivity contribution in [3.63, 3.8) is 0 Å². The van der Waals surface area contributed by atoms with Crippen molar-refractivity contribution in [2.45, 2.75) is 245 Å². The van der Waals surface area contributed by atoms with Gasteiger partial charge >= 0.3 is 17.9 Å². The predicted octanol–water partition coefficient (Wildman–Crippen LogP) is 20.5. The molecular weight excluding hydrogens is 925 g/mol. The Morgan fingerprint density at radius 1 is 0.267 bits per heavy atom. The summed E-state index contributed by atoms with van der Waals surface area (Å²) in [7, 11) is 0. The van der Waals surface area contributed by atoms with Crippen LogP contribution < -0.4 is 0 Å². The topological polar surface area (TPSA) is 78.9 Å². The molecule has 0 aromatic rings. The maximum atomic E-state index is 12.9. The molecule has 0 amide bonds. The monoisotopic (exact) mass is 1030 g/mol. The number of carbonyl (C=O) groups is 3. The first-order chi connectivity index (χ1) is 37.0. The van der Waals surface area contributed by atoms with Gasteiger partial charge in [0.25, 0.3) is 0 Å². The lowest BCUT2D eigenvalue weighted by atomic mass is 10.1. The summed E-state index contributed by atoms with van der Waals surface area (Å²) in [5, 5.41) is 0. The molecule has 6 heteroatoms. The third kappa shape index (κ3) is 59.8. The van der Waals surface area contributed by atoms with Crippen LogP contribution in [-0.2, 0) is 28.6 Å². The molecule has 75 heavy (non-hydrogen) atoms. The van der Waals surface area contributed by atoms with Crippen LogP contribution in [0.4, 0.5) is 0 Å². The molecule has 0 fully saturated rings. The second-order valence-electron chi connectivity index (χ2n) is 19.1. The SMILES string of the molecule is CC/C=C\C/C=C\C/C=C\C/C=C\C/C=C\CCCCCCCCCC(=O)OCC(COC(=O)CCCCC/C=C\C/C=C\C/C=C\CC)OC(=O)CCCCCCC/C=C\C/C=C\C/C=C\C/C=C\C/C=C\CC. The van der Waals surface area contributed by atoms with Gasteiger partial charge in [-0.25, -0.2) is 0 Å². The van der Waals surface area contributed by atoms with Crippen molar-refractivity contribution in [2.75, 3.05) is 13.2 Å². The second kappa shape index (κ2) is 61.6. The Hall–Kier alpha value is -4.97. The van der Waals surface area contributed by atoms with Gasteiger partial charge in [0.2, 0.25) is 0 Å². The van der Waals surface area contributed by atoms with Crippen LogP contribution in [0.5, 0.6) is 0 Å². The van der Waals surface area contributed by atoms with E-state index in [0.29, 0.717) is 12.8 Å². The molecule has 0 N–H and O–H groups in total. The van der Waals surface area contributed by atoms with Gasteiger partial charge in [-0.1, -0.05) is 237 Å². The molecule has 0 aromatic carbocycles. The number of hydrogen-bond acceptors (Lipinski definition) is 6. The minimum absolute atomic E-state index is 0.109. The lowest BCUT2D eigenvalue weighted by molar-refractivity contribution is -0.167. The predicted molar refractivity (Wildman–Crippen MR) is 325 cm³/mol. The maximum Gasteiger partial charge on any atom is 0.306 e. The number of unbranched alkanes of at least 4 members (excludes halogenated alkanes) is 15. The molecule has 6 nitrogen and oxygen atoms in total. The summed E-state index contributed by atoms with van der Waals surface area (Å²) in [6, 6.07) is 0. The van der Waals surface area contributed by atoms with Gasteiger partial charge in [0.1, 0.15) is 13.2 Å². The zero-order chi connectivity index (χ0) is 54.3. The van der Waals surface area contributed by atoms with Crippen LogP contribution in [0.1, 0.15) is 239 Å². The van der Waals surface area contributed by atoms with Gasteiger partial charge in [-0.3, -0.25) is 14.4 Å². The normalized spacial score (nSPS) is 13.3. The maximum absolute atomic E-state index is 12.9. The molecule has 0 rings (SSSR count). The highest BCUT2D eigenvalue weighted by molar-refractivity contribution is 5.71. The van der Waals surface area contributed by atoms with Gasteiger partial charge in [0, 0.05) is 19.3 Å². The fourth-order valence-electron chi connectivity index (χ4n) is 7.63. The first-order valence-corrected chi connectivity index (χ1v) is 30.0. The molecule has 1 unspecified atom stereocenters. The fraction of sp³-hybridized carbons (Fsp3) is 0.580. The van der Waals surface area contributed by atoms with Crippen molar-refractivity contribution in [2.24, 2.45) is 0 Å². The van der Waals surface area contributed by atoms with Crippen molar-refractivity contribution in [3.8, 4) is 0 Å². The summed E-state index contributed by atoms with van der Waals surface area (Å²) in [6.07, 6.45) is 89.5. The Morgan fingerprint density at radius 2 is 0.480 bits per heavy atom. The first-order valence-electron chi connectivity index (χ1n) is 30.0. The van der Waals surface area contributed by atoms with Crippen molar-refractivity contribution in [3.05, 3.63) is 158 Å². The average molecular weight is 1030 g/mol. The van der Waals surface area contributed by atoms with Crippen molar-refractivity contribution >= 4 is 17.9 Å². The van der Waals surface area contributed by atoms with E-state index in [-0.39, 0.29) is 37.5 Å². The number of ether oxygens (including phenoxy) is 3. The summed E-state index contributed by atoms with van der Waals surface area (Å²) in [5.41, 5.74) is 0. The minimum atomic E-state index is -0.815. The third-order valence-corrected chi connectivity index (χ3v) is 12.0. The molecule has 0 aliphatic carbocycles. The number of esters is 3. The number of allylic oxidation sites excluding steroid dienone is 26. The Balaban J connectivity index is 4.47. The van der Waals surface area contributed by atoms with Gasteiger partial charge in [-0.2, -0.15) is 0 Å². The molecule has 0 heterocycles. The van der Waals surface area contributed by atoms with E-state index in [1.807, 2.05) is 0 Å². The van der Waals surface area contributed by atoms with Crippen LogP contribution in [-0.4, -0.2) is 37.2 Å². The van der Waals surface area contributed by atoms with Crippen LogP contribution >= 0.6 is 0 Å².